The van der Waals surface area contributed by atoms with Gasteiger partial charge in [-0.05, 0) is 12.1 Å². The molecule has 1 amide bonds. The van der Waals surface area contributed by atoms with Crippen molar-refractivity contribution >= 4 is 11.9 Å². The van der Waals surface area contributed by atoms with Gasteiger partial charge in [0.15, 0.2) is 0 Å². The van der Waals surface area contributed by atoms with Crippen molar-refractivity contribution in [3.8, 4) is 5.75 Å². The molecule has 1 unspecified atom stereocenters. The zero-order chi connectivity index (χ0) is 13.7. The average Bonchev–Trinajstić information content (AvgIpc) is 2.34. The third-order valence-corrected chi connectivity index (χ3v) is 2.16. The molecule has 1 aromatic rings. The van der Waals surface area contributed by atoms with Crippen LogP contribution in [0, 0.1) is 5.82 Å². The second-order valence-electron chi connectivity index (χ2n) is 3.37. The van der Waals surface area contributed by atoms with E-state index in [2.05, 4.69) is 4.74 Å². The Bertz CT molecular complexity index is 464. The van der Waals surface area contributed by atoms with Crippen LogP contribution >= 0.6 is 0 Å². The molecule has 0 heterocycles. The van der Waals surface area contributed by atoms with E-state index >= 15 is 0 Å². The quantitative estimate of drug-likeness (QED) is 0.710. The lowest BCUT2D eigenvalue weighted by atomic mass is 10.2. The van der Waals surface area contributed by atoms with Gasteiger partial charge in [-0.25, -0.2) is 9.18 Å². The number of nitrogens with two attached hydrogens (primary N) is 2. The second-order valence-corrected chi connectivity index (χ2v) is 3.37. The normalized spacial score (nSPS) is 11.7. The van der Waals surface area contributed by atoms with Crippen LogP contribution in [0.2, 0.25) is 0 Å². The van der Waals surface area contributed by atoms with Crippen LogP contribution in [0.1, 0.15) is 10.4 Å². The Kier molecular flexibility index (Phi) is 4.61. The number of hydrogen-bond donors (Lipinski definition) is 2. The molecule has 0 aromatic heterocycles. The predicted molar refractivity (Wildman–Crippen MR) is 60.4 cm³/mol. The fourth-order valence-corrected chi connectivity index (χ4v) is 1.26. The molecule has 18 heavy (non-hydrogen) atoms. The first-order chi connectivity index (χ1) is 8.49. The van der Waals surface area contributed by atoms with Gasteiger partial charge < -0.3 is 20.9 Å². The van der Waals surface area contributed by atoms with E-state index in [4.69, 9.17) is 16.2 Å². The van der Waals surface area contributed by atoms with Crippen LogP contribution in [-0.4, -0.2) is 31.6 Å². The van der Waals surface area contributed by atoms with Crippen molar-refractivity contribution in [1.82, 2.24) is 0 Å². The van der Waals surface area contributed by atoms with Crippen molar-refractivity contribution in [1.29, 1.82) is 0 Å². The first-order valence-electron chi connectivity index (χ1n) is 5.03. The van der Waals surface area contributed by atoms with E-state index in [1.165, 1.54) is 13.2 Å². The molecule has 0 bridgehead atoms. The maximum Gasteiger partial charge on any atom is 0.348 e. The van der Waals surface area contributed by atoms with Gasteiger partial charge in [-0.3, -0.25) is 4.79 Å². The van der Waals surface area contributed by atoms with E-state index in [1.807, 2.05) is 0 Å². The number of benzene rings is 1. The largest absolute Gasteiger partial charge is 0.477 e. The fraction of sp³-hybridized carbons (Fsp3) is 0.273. The molecule has 0 fully saturated rings. The maximum atomic E-state index is 13.4. The summed E-state index contributed by atoms with van der Waals surface area (Å²) >= 11 is 0. The van der Waals surface area contributed by atoms with Gasteiger partial charge in [0.25, 0.3) is 5.91 Å². The number of hydrogen-bond acceptors (Lipinski definition) is 5. The van der Waals surface area contributed by atoms with E-state index in [-0.39, 0.29) is 17.9 Å². The highest BCUT2D eigenvalue weighted by Gasteiger charge is 2.20. The molecule has 1 aromatic carbocycles. The van der Waals surface area contributed by atoms with Gasteiger partial charge in [-0.15, -0.1) is 0 Å². The summed E-state index contributed by atoms with van der Waals surface area (Å²) in [5.74, 6) is -2.33. The Hall–Kier alpha value is -2.15. The van der Waals surface area contributed by atoms with E-state index in [9.17, 15) is 14.0 Å². The first kappa shape index (κ1) is 13.9. The van der Waals surface area contributed by atoms with Crippen LogP contribution in [0.4, 0.5) is 4.39 Å². The molecule has 98 valence electrons. The van der Waals surface area contributed by atoms with E-state index < -0.39 is 23.8 Å². The zero-order valence-electron chi connectivity index (χ0n) is 9.68. The number of carbonyl (C=O) groups excluding carboxylic acids is 2. The first-order valence-corrected chi connectivity index (χ1v) is 5.03. The number of rotatable bonds is 5. The van der Waals surface area contributed by atoms with Crippen molar-refractivity contribution < 1.29 is 23.5 Å². The Morgan fingerprint density at radius 2 is 2.11 bits per heavy atom. The number of methoxy groups -OCH3 is 1. The van der Waals surface area contributed by atoms with E-state index in [1.54, 1.807) is 0 Å². The van der Waals surface area contributed by atoms with E-state index in [0.29, 0.717) is 0 Å². The monoisotopic (exact) mass is 256 g/mol. The third kappa shape index (κ3) is 3.17. The van der Waals surface area contributed by atoms with Crippen LogP contribution in [0.15, 0.2) is 18.2 Å². The molecule has 0 spiro atoms. The minimum Gasteiger partial charge on any atom is -0.477 e. The molecule has 0 radical (unpaired) electrons. The van der Waals surface area contributed by atoms with Gasteiger partial charge in [-0.1, -0.05) is 0 Å². The second kappa shape index (κ2) is 5.97. The third-order valence-electron chi connectivity index (χ3n) is 2.16. The molecule has 0 aliphatic heterocycles. The van der Waals surface area contributed by atoms with Crippen LogP contribution in [0.25, 0.3) is 0 Å². The summed E-state index contributed by atoms with van der Waals surface area (Å²) < 4.78 is 23.0. The standard InChI is InChI=1S/C11H13FN2O4/c1-17-11(16)9(5-13)18-6-2-3-7(10(14)15)8(12)4-6/h2-4,9H,5,13H2,1H3,(H2,14,15). The van der Waals surface area contributed by atoms with Crippen molar-refractivity contribution in [3.05, 3.63) is 29.6 Å². The topological polar surface area (TPSA) is 105 Å². The van der Waals surface area contributed by atoms with Crippen LogP contribution in [-0.2, 0) is 9.53 Å². The number of primary amides is 1. The van der Waals surface area contributed by atoms with Gasteiger partial charge in [-0.2, -0.15) is 0 Å². The van der Waals surface area contributed by atoms with Crippen molar-refractivity contribution in [2.75, 3.05) is 13.7 Å². The molecule has 6 nitrogen and oxygen atoms in total. The molecule has 7 heteroatoms. The molecular weight excluding hydrogens is 243 g/mol. The minimum atomic E-state index is -1.03. The number of amides is 1. The van der Waals surface area contributed by atoms with Crippen LogP contribution in [0.3, 0.4) is 0 Å². The van der Waals surface area contributed by atoms with Gasteiger partial charge in [0.2, 0.25) is 6.10 Å². The highest BCUT2D eigenvalue weighted by atomic mass is 19.1. The van der Waals surface area contributed by atoms with Crippen LogP contribution < -0.4 is 16.2 Å². The average molecular weight is 256 g/mol. The molecule has 0 saturated heterocycles. The van der Waals surface area contributed by atoms with Crippen LogP contribution in [0.5, 0.6) is 5.75 Å². The fourth-order valence-electron chi connectivity index (χ4n) is 1.26. The molecule has 0 aliphatic rings. The Balaban J connectivity index is 2.88. The molecule has 1 atom stereocenters. The van der Waals surface area contributed by atoms with Gasteiger partial charge in [0, 0.05) is 12.6 Å². The summed E-state index contributed by atoms with van der Waals surface area (Å²) in [5.41, 5.74) is 10.0. The van der Waals surface area contributed by atoms with E-state index in [0.717, 1.165) is 12.1 Å². The molecule has 0 aliphatic carbocycles. The summed E-state index contributed by atoms with van der Waals surface area (Å²) in [6.07, 6.45) is -1.03. The summed E-state index contributed by atoms with van der Waals surface area (Å²) in [6.45, 7) is -0.119. The Morgan fingerprint density at radius 3 is 2.56 bits per heavy atom. The van der Waals surface area contributed by atoms with Crippen molar-refractivity contribution in [2.45, 2.75) is 6.10 Å². The number of halogens is 1. The lowest BCUT2D eigenvalue weighted by molar-refractivity contribution is -0.148. The number of ether oxygens (including phenoxy) is 2. The Labute approximate surface area is 103 Å². The van der Waals surface area contributed by atoms with Gasteiger partial charge >= 0.3 is 5.97 Å². The smallest absolute Gasteiger partial charge is 0.348 e. The summed E-state index contributed by atoms with van der Waals surface area (Å²) in [4.78, 5) is 22.0. The number of esters is 1. The summed E-state index contributed by atoms with van der Waals surface area (Å²) in [6, 6.07) is 3.43. The molecular formula is C11H13FN2O4. The van der Waals surface area contributed by atoms with Gasteiger partial charge in [0.05, 0.1) is 12.7 Å². The van der Waals surface area contributed by atoms with Gasteiger partial charge in [0.1, 0.15) is 11.6 Å². The molecule has 4 N–H and O–H groups in total. The highest BCUT2D eigenvalue weighted by Crippen LogP contribution is 2.17. The van der Waals surface area contributed by atoms with Crippen molar-refractivity contribution in [3.63, 3.8) is 0 Å². The maximum absolute atomic E-state index is 13.4. The lowest BCUT2D eigenvalue weighted by Gasteiger charge is -2.15. The predicted octanol–water partition coefficient (Wildman–Crippen LogP) is -0.196. The lowest BCUT2D eigenvalue weighted by Crippen LogP contribution is -2.35. The Morgan fingerprint density at radius 1 is 1.44 bits per heavy atom. The molecule has 1 rings (SSSR count). The summed E-state index contributed by atoms with van der Waals surface area (Å²) in [7, 11) is 1.19. The number of carbonyl (C=O) groups is 2. The SMILES string of the molecule is COC(=O)C(CN)Oc1ccc(C(N)=O)c(F)c1. The van der Waals surface area contributed by atoms with Crippen molar-refractivity contribution in [2.24, 2.45) is 11.5 Å². The highest BCUT2D eigenvalue weighted by molar-refractivity contribution is 5.93. The summed E-state index contributed by atoms with van der Waals surface area (Å²) in [5, 5.41) is 0. The zero-order valence-corrected chi connectivity index (χ0v) is 9.68. The molecule has 0 saturated carbocycles. The minimum absolute atomic E-state index is 0.0540.